The van der Waals surface area contributed by atoms with Crippen LogP contribution in [0.25, 0.3) is 0 Å². The van der Waals surface area contributed by atoms with Gasteiger partial charge < -0.3 is 0 Å². The lowest BCUT2D eigenvalue weighted by Gasteiger charge is -2.21. The number of nitrogens with zero attached hydrogens (tertiary/aromatic N) is 2. The molecule has 6 nitrogen and oxygen atoms in total. The summed E-state index contributed by atoms with van der Waals surface area (Å²) in [5.74, 6) is 3.90. The molecule has 4 aliphatic rings. The maximum atomic E-state index is 12.0. The minimum absolute atomic E-state index is 0.141. The second-order valence-electron chi connectivity index (χ2n) is 9.64. The van der Waals surface area contributed by atoms with Crippen molar-refractivity contribution < 1.29 is 9.59 Å². The van der Waals surface area contributed by atoms with Crippen molar-refractivity contribution in [1.82, 2.24) is 10.9 Å². The van der Waals surface area contributed by atoms with Crippen LogP contribution in [0.3, 0.4) is 0 Å². The van der Waals surface area contributed by atoms with Crippen LogP contribution >= 0.6 is 0 Å². The second kappa shape index (κ2) is 8.34. The van der Waals surface area contributed by atoms with Gasteiger partial charge >= 0.3 is 0 Å². The minimum Gasteiger partial charge on any atom is -0.273 e. The summed E-state index contributed by atoms with van der Waals surface area (Å²) in [5, 5.41) is 8.62. The van der Waals surface area contributed by atoms with Crippen LogP contribution in [0.1, 0.15) is 78.1 Å². The van der Waals surface area contributed by atoms with E-state index in [-0.39, 0.29) is 24.7 Å². The van der Waals surface area contributed by atoms with Gasteiger partial charge in [0.2, 0.25) is 11.8 Å². The average molecular weight is 387 g/mol. The van der Waals surface area contributed by atoms with Gasteiger partial charge in [-0.2, -0.15) is 10.2 Å². The molecule has 0 aliphatic heterocycles. The van der Waals surface area contributed by atoms with Crippen molar-refractivity contribution in [2.75, 3.05) is 0 Å². The fourth-order valence-corrected chi connectivity index (χ4v) is 6.32. The first kappa shape index (κ1) is 19.6. The van der Waals surface area contributed by atoms with Crippen LogP contribution in [-0.2, 0) is 9.59 Å². The summed E-state index contributed by atoms with van der Waals surface area (Å²) in [7, 11) is 0. The van der Waals surface area contributed by atoms with Crippen molar-refractivity contribution in [3.05, 3.63) is 0 Å². The van der Waals surface area contributed by atoms with Crippen LogP contribution in [-0.4, -0.2) is 23.2 Å². The number of rotatable bonds is 7. The van der Waals surface area contributed by atoms with E-state index < -0.39 is 0 Å². The Balaban J connectivity index is 1.16. The molecule has 0 spiro atoms. The van der Waals surface area contributed by atoms with Crippen LogP contribution in [0, 0.1) is 35.5 Å². The molecule has 0 aromatic carbocycles. The molecule has 4 aliphatic carbocycles. The van der Waals surface area contributed by atoms with Crippen LogP contribution in [0.5, 0.6) is 0 Å². The van der Waals surface area contributed by atoms with E-state index in [9.17, 15) is 9.59 Å². The average Bonchev–Trinajstić information content (AvgIpc) is 3.49. The number of fused-ring (bicyclic) bond motifs is 4. The molecule has 4 bridgehead atoms. The van der Waals surface area contributed by atoms with E-state index in [0.29, 0.717) is 11.8 Å². The number of carbonyl (C=O) groups excluding carboxylic acids is 2. The van der Waals surface area contributed by atoms with Gasteiger partial charge in [-0.05, 0) is 76.0 Å². The van der Waals surface area contributed by atoms with Crippen molar-refractivity contribution in [2.45, 2.75) is 78.1 Å². The van der Waals surface area contributed by atoms with Crippen molar-refractivity contribution in [3.63, 3.8) is 0 Å². The van der Waals surface area contributed by atoms with E-state index in [2.05, 4.69) is 21.1 Å². The van der Waals surface area contributed by atoms with E-state index >= 15 is 0 Å². The maximum Gasteiger partial charge on any atom is 0.240 e. The third kappa shape index (κ3) is 4.31. The maximum absolute atomic E-state index is 12.0. The molecule has 28 heavy (non-hydrogen) atoms. The Bertz CT molecular complexity index is 628. The van der Waals surface area contributed by atoms with Crippen molar-refractivity contribution in [2.24, 2.45) is 45.7 Å². The summed E-state index contributed by atoms with van der Waals surface area (Å²) < 4.78 is 0. The molecule has 6 unspecified atom stereocenters. The van der Waals surface area contributed by atoms with Gasteiger partial charge in [0.1, 0.15) is 0 Å². The van der Waals surface area contributed by atoms with Crippen molar-refractivity contribution in [3.8, 4) is 0 Å². The molecular formula is C22H34N4O2. The summed E-state index contributed by atoms with van der Waals surface area (Å²) in [6.07, 6.45) is 10.7. The SMILES string of the molecule is C/C(=N\NC(=O)CCC(=O)N/N=C(\C)C1CC2CCC1C2)C1CC2CCC1C2. The van der Waals surface area contributed by atoms with Crippen LogP contribution in [0.2, 0.25) is 0 Å². The topological polar surface area (TPSA) is 82.9 Å². The second-order valence-corrected chi connectivity index (χ2v) is 9.64. The first-order valence-electron chi connectivity index (χ1n) is 11.2. The third-order valence-corrected chi connectivity index (χ3v) is 7.84. The van der Waals surface area contributed by atoms with Gasteiger partial charge in [0, 0.05) is 36.1 Å². The molecule has 4 saturated carbocycles. The van der Waals surface area contributed by atoms with Gasteiger partial charge in [0.15, 0.2) is 0 Å². The number of hydrogen-bond donors (Lipinski definition) is 2. The molecule has 154 valence electrons. The standard InChI is InChI=1S/C22H34N4O2/c1-13(19-11-15-3-5-17(19)9-15)23-25-21(27)7-8-22(28)26-24-14(2)20-12-16-4-6-18(20)10-16/h15-20H,3-12H2,1-2H3,(H,25,27)(H,26,28)/b23-13+,24-14+. The zero-order chi connectivity index (χ0) is 19.7. The fraction of sp³-hybridized carbons (Fsp3) is 0.818. The molecule has 2 N–H and O–H groups in total. The molecule has 6 atom stereocenters. The van der Waals surface area contributed by atoms with E-state index in [0.717, 1.165) is 35.1 Å². The molecule has 0 aromatic heterocycles. The van der Waals surface area contributed by atoms with Crippen molar-refractivity contribution >= 4 is 23.2 Å². The van der Waals surface area contributed by atoms with E-state index in [1.54, 1.807) is 0 Å². The summed E-state index contributed by atoms with van der Waals surface area (Å²) in [6.45, 7) is 4.04. The highest BCUT2D eigenvalue weighted by Gasteiger charge is 2.41. The van der Waals surface area contributed by atoms with Gasteiger partial charge in [0.25, 0.3) is 0 Å². The minimum atomic E-state index is -0.202. The predicted octanol–water partition coefficient (Wildman–Crippen LogP) is 3.62. The molecule has 6 heteroatoms. The summed E-state index contributed by atoms with van der Waals surface area (Å²) in [5.41, 5.74) is 7.35. The Labute approximate surface area is 168 Å². The van der Waals surface area contributed by atoms with Gasteiger partial charge in [-0.1, -0.05) is 12.8 Å². The zero-order valence-corrected chi connectivity index (χ0v) is 17.2. The number of amides is 2. The van der Waals surface area contributed by atoms with E-state index in [1.165, 1.54) is 51.4 Å². The molecule has 0 heterocycles. The van der Waals surface area contributed by atoms with Crippen LogP contribution in [0.4, 0.5) is 0 Å². The number of nitrogens with one attached hydrogen (secondary N) is 2. The number of hydrazone groups is 2. The van der Waals surface area contributed by atoms with Crippen molar-refractivity contribution in [1.29, 1.82) is 0 Å². The van der Waals surface area contributed by atoms with E-state index in [1.807, 2.05) is 13.8 Å². The van der Waals surface area contributed by atoms with E-state index in [4.69, 9.17) is 0 Å². The Morgan fingerprint density at radius 2 is 1.14 bits per heavy atom. The van der Waals surface area contributed by atoms with Gasteiger partial charge in [0.05, 0.1) is 0 Å². The molecule has 0 saturated heterocycles. The van der Waals surface area contributed by atoms with Gasteiger partial charge in [-0.3, -0.25) is 9.59 Å². The highest BCUT2D eigenvalue weighted by atomic mass is 16.2. The highest BCUT2D eigenvalue weighted by molar-refractivity contribution is 5.89. The first-order valence-corrected chi connectivity index (χ1v) is 11.2. The lowest BCUT2D eigenvalue weighted by Crippen LogP contribution is -2.27. The van der Waals surface area contributed by atoms with Gasteiger partial charge in [-0.25, -0.2) is 10.9 Å². The molecule has 0 radical (unpaired) electrons. The fourth-order valence-electron chi connectivity index (χ4n) is 6.32. The van der Waals surface area contributed by atoms with Gasteiger partial charge in [-0.15, -0.1) is 0 Å². The zero-order valence-electron chi connectivity index (χ0n) is 17.2. The molecule has 4 rings (SSSR count). The lowest BCUT2D eigenvalue weighted by molar-refractivity contribution is -0.126. The monoisotopic (exact) mass is 386 g/mol. The molecule has 4 fully saturated rings. The number of carbonyl (C=O) groups is 2. The predicted molar refractivity (Wildman–Crippen MR) is 110 cm³/mol. The Morgan fingerprint density at radius 3 is 1.46 bits per heavy atom. The molecule has 2 amide bonds. The smallest absolute Gasteiger partial charge is 0.240 e. The highest BCUT2D eigenvalue weighted by Crippen LogP contribution is 2.49. The summed E-state index contributed by atoms with van der Waals surface area (Å²) in [4.78, 5) is 24.1. The lowest BCUT2D eigenvalue weighted by atomic mass is 9.86. The molecular weight excluding hydrogens is 352 g/mol. The Morgan fingerprint density at radius 1 is 0.714 bits per heavy atom. The number of hydrogen-bond acceptors (Lipinski definition) is 4. The summed E-state index contributed by atoms with van der Waals surface area (Å²) >= 11 is 0. The third-order valence-electron chi connectivity index (χ3n) is 7.84. The largest absolute Gasteiger partial charge is 0.273 e. The van der Waals surface area contributed by atoms with Crippen LogP contribution < -0.4 is 10.9 Å². The normalized spacial score (nSPS) is 36.8. The molecule has 0 aromatic rings. The Kier molecular flexibility index (Phi) is 5.83. The first-order chi connectivity index (χ1) is 13.5. The Hall–Kier alpha value is -1.72. The summed E-state index contributed by atoms with van der Waals surface area (Å²) in [6, 6.07) is 0. The van der Waals surface area contributed by atoms with Crippen LogP contribution in [0.15, 0.2) is 10.2 Å². The quantitative estimate of drug-likeness (QED) is 0.517.